The summed E-state index contributed by atoms with van der Waals surface area (Å²) in [6.45, 7) is 1.71. The van der Waals surface area contributed by atoms with E-state index in [4.69, 9.17) is 0 Å². The van der Waals surface area contributed by atoms with Crippen LogP contribution < -0.4 is 0 Å². The number of allylic oxidation sites excluding steroid dienone is 1. The Bertz CT molecular complexity index is 801. The van der Waals surface area contributed by atoms with E-state index in [0.717, 1.165) is 17.7 Å². The first-order valence-electron chi connectivity index (χ1n) is 8.12. The fourth-order valence-corrected chi connectivity index (χ4v) is 2.90. The number of pyridine rings is 1. The summed E-state index contributed by atoms with van der Waals surface area (Å²) < 4.78 is 38.5. The summed E-state index contributed by atoms with van der Waals surface area (Å²) in [4.78, 5) is 10.5. The van der Waals surface area contributed by atoms with Gasteiger partial charge in [-0.1, -0.05) is 18.2 Å². The van der Waals surface area contributed by atoms with Gasteiger partial charge in [-0.25, -0.2) is 0 Å². The van der Waals surface area contributed by atoms with Crippen molar-refractivity contribution in [2.24, 2.45) is 4.99 Å². The molecule has 0 spiro atoms. The Morgan fingerprint density at radius 3 is 2.50 bits per heavy atom. The van der Waals surface area contributed by atoms with Gasteiger partial charge in [0.1, 0.15) is 6.17 Å². The summed E-state index contributed by atoms with van der Waals surface area (Å²) in [5.41, 5.74) is 1.46. The van der Waals surface area contributed by atoms with Crippen molar-refractivity contribution in [3.05, 3.63) is 71.6 Å². The second kappa shape index (κ2) is 7.29. The van der Waals surface area contributed by atoms with Crippen molar-refractivity contribution in [1.29, 1.82) is 0 Å². The van der Waals surface area contributed by atoms with Crippen LogP contribution in [0.4, 0.5) is 13.2 Å². The number of hydrogen-bond acceptors (Lipinski definition) is 4. The molecule has 2 atom stereocenters. The Hall–Kier alpha value is -2.67. The van der Waals surface area contributed by atoms with E-state index in [9.17, 15) is 18.3 Å². The molecule has 1 aliphatic heterocycles. The molecule has 26 heavy (non-hydrogen) atoms. The van der Waals surface area contributed by atoms with Gasteiger partial charge < -0.3 is 10.0 Å². The second-order valence-electron chi connectivity index (χ2n) is 6.02. The quantitative estimate of drug-likeness (QED) is 0.898. The molecule has 0 saturated carbocycles. The van der Waals surface area contributed by atoms with Gasteiger partial charge >= 0.3 is 6.18 Å². The van der Waals surface area contributed by atoms with Crippen LogP contribution in [0.1, 0.15) is 29.8 Å². The molecule has 0 fully saturated rings. The third-order valence-electron chi connectivity index (χ3n) is 4.23. The zero-order valence-corrected chi connectivity index (χ0v) is 14.1. The molecule has 0 radical (unpaired) electrons. The lowest BCUT2D eigenvalue weighted by atomic mass is 10.0. The Morgan fingerprint density at radius 1 is 1.19 bits per heavy atom. The van der Waals surface area contributed by atoms with Crippen LogP contribution in [-0.4, -0.2) is 33.9 Å². The van der Waals surface area contributed by atoms with Crippen molar-refractivity contribution < 1.29 is 18.3 Å². The number of hydrogen-bond donors (Lipinski definition) is 1. The minimum absolute atomic E-state index is 0.121. The summed E-state index contributed by atoms with van der Waals surface area (Å²) in [6.07, 6.45) is 1.93. The SMILES string of the molecule is C[C@@H](CO)N1C(c2ccc(C(F)(F)F)cc2)=CC=NC1c1cccnc1. The highest BCUT2D eigenvalue weighted by molar-refractivity contribution is 5.86. The van der Waals surface area contributed by atoms with E-state index < -0.39 is 17.9 Å². The normalized spacial score (nSPS) is 18.6. The van der Waals surface area contributed by atoms with Crippen molar-refractivity contribution in [1.82, 2.24) is 9.88 Å². The largest absolute Gasteiger partial charge is 0.416 e. The van der Waals surface area contributed by atoms with Gasteiger partial charge in [-0.15, -0.1) is 0 Å². The lowest BCUT2D eigenvalue weighted by Crippen LogP contribution is -2.38. The average Bonchev–Trinajstić information content (AvgIpc) is 2.67. The summed E-state index contributed by atoms with van der Waals surface area (Å²) in [7, 11) is 0. The van der Waals surface area contributed by atoms with Gasteiger partial charge in [0.05, 0.1) is 18.2 Å². The number of alkyl halides is 3. The number of aromatic nitrogens is 1. The molecular weight excluding hydrogens is 343 g/mol. The van der Waals surface area contributed by atoms with Gasteiger partial charge in [-0.2, -0.15) is 13.2 Å². The van der Waals surface area contributed by atoms with E-state index >= 15 is 0 Å². The van der Waals surface area contributed by atoms with E-state index in [1.165, 1.54) is 12.1 Å². The first kappa shape index (κ1) is 18.1. The molecule has 2 heterocycles. The maximum Gasteiger partial charge on any atom is 0.416 e. The Kier molecular flexibility index (Phi) is 5.08. The monoisotopic (exact) mass is 361 g/mol. The van der Waals surface area contributed by atoms with Crippen molar-refractivity contribution in [3.63, 3.8) is 0 Å². The molecule has 136 valence electrons. The van der Waals surface area contributed by atoms with Crippen molar-refractivity contribution in [2.75, 3.05) is 6.61 Å². The van der Waals surface area contributed by atoms with Crippen LogP contribution in [-0.2, 0) is 6.18 Å². The molecule has 1 unspecified atom stereocenters. The Morgan fingerprint density at radius 2 is 1.92 bits per heavy atom. The first-order valence-corrected chi connectivity index (χ1v) is 8.12. The zero-order chi connectivity index (χ0) is 18.7. The predicted octanol–water partition coefficient (Wildman–Crippen LogP) is 3.91. The summed E-state index contributed by atoms with van der Waals surface area (Å²) in [5, 5.41) is 9.68. The average molecular weight is 361 g/mol. The number of aliphatic hydroxyl groups excluding tert-OH is 1. The maximum atomic E-state index is 12.8. The van der Waals surface area contributed by atoms with E-state index in [1.807, 2.05) is 17.9 Å². The molecule has 2 aromatic rings. The molecule has 7 heteroatoms. The van der Waals surface area contributed by atoms with Crippen LogP contribution >= 0.6 is 0 Å². The molecular formula is C19H18F3N3O. The molecule has 0 bridgehead atoms. The molecule has 1 N–H and O–H groups in total. The van der Waals surface area contributed by atoms with Crippen LogP contribution in [0, 0.1) is 0 Å². The topological polar surface area (TPSA) is 48.7 Å². The van der Waals surface area contributed by atoms with Crippen molar-refractivity contribution in [2.45, 2.75) is 25.3 Å². The summed E-state index contributed by atoms with van der Waals surface area (Å²) >= 11 is 0. The number of rotatable bonds is 4. The number of aliphatic imine (C=N–C) groups is 1. The highest BCUT2D eigenvalue weighted by Gasteiger charge is 2.32. The van der Waals surface area contributed by atoms with E-state index in [2.05, 4.69) is 9.98 Å². The van der Waals surface area contributed by atoms with Gasteiger partial charge in [0.25, 0.3) is 0 Å². The lowest BCUT2D eigenvalue weighted by Gasteiger charge is -2.39. The van der Waals surface area contributed by atoms with Gasteiger partial charge in [0.2, 0.25) is 0 Å². The van der Waals surface area contributed by atoms with Crippen LogP contribution in [0.25, 0.3) is 5.70 Å². The zero-order valence-electron chi connectivity index (χ0n) is 14.1. The smallest absolute Gasteiger partial charge is 0.394 e. The molecule has 4 nitrogen and oxygen atoms in total. The van der Waals surface area contributed by atoms with Crippen molar-refractivity contribution >= 4 is 11.9 Å². The van der Waals surface area contributed by atoms with E-state index in [-0.39, 0.29) is 12.6 Å². The highest BCUT2D eigenvalue weighted by atomic mass is 19.4. The Labute approximate surface area is 149 Å². The van der Waals surface area contributed by atoms with Gasteiger partial charge in [0, 0.05) is 29.9 Å². The third-order valence-corrected chi connectivity index (χ3v) is 4.23. The van der Waals surface area contributed by atoms with Gasteiger partial charge in [-0.05, 0) is 36.8 Å². The summed E-state index contributed by atoms with van der Waals surface area (Å²) in [6, 6.07) is 8.37. The standard InChI is InChI=1S/C19H18F3N3O/c1-13(12-26)25-17(14-4-6-16(7-5-14)19(20,21)22)8-10-24-18(25)15-3-2-9-23-11-15/h2-11,13,18,26H,12H2,1H3/t13-,18?/m0/s1. The highest BCUT2D eigenvalue weighted by Crippen LogP contribution is 2.36. The minimum atomic E-state index is -4.38. The lowest BCUT2D eigenvalue weighted by molar-refractivity contribution is -0.137. The molecule has 3 rings (SSSR count). The second-order valence-corrected chi connectivity index (χ2v) is 6.02. The molecule has 1 aliphatic rings. The number of nitrogens with zero attached hydrogens (tertiary/aromatic N) is 3. The van der Waals surface area contributed by atoms with E-state index in [1.54, 1.807) is 30.8 Å². The Balaban J connectivity index is 1.99. The van der Waals surface area contributed by atoms with Crippen LogP contribution in [0.5, 0.6) is 0 Å². The van der Waals surface area contributed by atoms with Crippen LogP contribution in [0.3, 0.4) is 0 Å². The third kappa shape index (κ3) is 3.62. The molecule has 1 aromatic carbocycles. The first-order chi connectivity index (χ1) is 12.4. The molecule has 0 aliphatic carbocycles. The fourth-order valence-electron chi connectivity index (χ4n) is 2.90. The number of halogens is 3. The minimum Gasteiger partial charge on any atom is -0.394 e. The van der Waals surface area contributed by atoms with Crippen LogP contribution in [0.2, 0.25) is 0 Å². The fraction of sp³-hybridized carbons (Fsp3) is 0.263. The van der Waals surface area contributed by atoms with E-state index in [0.29, 0.717) is 11.3 Å². The molecule has 0 saturated heterocycles. The molecule has 1 aromatic heterocycles. The number of aliphatic hydroxyl groups is 1. The number of benzene rings is 1. The van der Waals surface area contributed by atoms with Crippen molar-refractivity contribution in [3.8, 4) is 0 Å². The van der Waals surface area contributed by atoms with Crippen LogP contribution in [0.15, 0.2) is 59.9 Å². The predicted molar refractivity (Wildman–Crippen MR) is 93.3 cm³/mol. The van der Waals surface area contributed by atoms with Gasteiger partial charge in [-0.3, -0.25) is 9.98 Å². The summed E-state index contributed by atoms with van der Waals surface area (Å²) in [5.74, 6) is 0. The molecule has 0 amide bonds. The maximum absolute atomic E-state index is 12.8. The van der Waals surface area contributed by atoms with Gasteiger partial charge in [0.15, 0.2) is 0 Å².